The topological polar surface area (TPSA) is 17.1 Å². The van der Waals surface area contributed by atoms with Crippen LogP contribution < -0.4 is 0 Å². The second-order valence-electron chi connectivity index (χ2n) is 2.03. The molecule has 0 saturated heterocycles. The minimum absolute atomic E-state index is 0.0856. The first-order valence-electron chi connectivity index (χ1n) is 2.86. The van der Waals surface area contributed by atoms with Crippen LogP contribution in [0, 0.1) is 0 Å². The van der Waals surface area contributed by atoms with Crippen LogP contribution >= 0.6 is 15.9 Å². The molecule has 3 heteroatoms. The van der Waals surface area contributed by atoms with Crippen molar-refractivity contribution in [1.82, 2.24) is 0 Å². The molecule has 0 aliphatic rings. The Morgan fingerprint density at radius 1 is 1.55 bits per heavy atom. The molecule has 0 rings (SSSR count). The van der Waals surface area contributed by atoms with Gasteiger partial charge in [-0.2, -0.15) is 0 Å². The molecule has 0 aliphatic carbocycles. The second-order valence-corrected chi connectivity index (χ2v) is 2.82. The van der Waals surface area contributed by atoms with Gasteiger partial charge < -0.3 is 0 Å². The molecular formula is C8H8BrFO. The molecule has 1 nitrogen and oxygen atoms in total. The summed E-state index contributed by atoms with van der Waals surface area (Å²) in [6.45, 7) is 8.20. The van der Waals surface area contributed by atoms with E-state index in [9.17, 15) is 9.18 Å². The second kappa shape index (κ2) is 4.23. The first kappa shape index (κ1) is 10.3. The van der Waals surface area contributed by atoms with Crippen molar-refractivity contribution in [3.05, 3.63) is 34.6 Å². The molecule has 0 heterocycles. The highest BCUT2D eigenvalue weighted by molar-refractivity contribution is 9.12. The standard InChI is InChI=1S/C8H8BrFO/c1-5(2)8(9)7(4-11)6(3)10/h4H,1,3H2,2H3/b8-7+. The normalized spacial score (nSPS) is 11.9. The molecule has 60 valence electrons. The summed E-state index contributed by atoms with van der Waals surface area (Å²) >= 11 is 3.02. The van der Waals surface area contributed by atoms with Crippen molar-refractivity contribution < 1.29 is 9.18 Å². The fourth-order valence-corrected chi connectivity index (χ4v) is 0.773. The van der Waals surface area contributed by atoms with E-state index >= 15 is 0 Å². The van der Waals surface area contributed by atoms with Gasteiger partial charge in [-0.25, -0.2) is 4.39 Å². The van der Waals surface area contributed by atoms with Crippen LogP contribution in [0.4, 0.5) is 4.39 Å². The highest BCUT2D eigenvalue weighted by Gasteiger charge is 2.06. The van der Waals surface area contributed by atoms with Gasteiger partial charge >= 0.3 is 0 Å². The Labute approximate surface area is 73.4 Å². The molecule has 0 aromatic carbocycles. The third-order valence-electron chi connectivity index (χ3n) is 1.02. The Morgan fingerprint density at radius 3 is 2.09 bits per heavy atom. The molecule has 0 bridgehead atoms. The smallest absolute Gasteiger partial charge is 0.154 e. The van der Waals surface area contributed by atoms with E-state index in [0.29, 0.717) is 16.3 Å². The van der Waals surface area contributed by atoms with Crippen molar-refractivity contribution in [3.8, 4) is 0 Å². The van der Waals surface area contributed by atoms with E-state index in [4.69, 9.17) is 0 Å². The third kappa shape index (κ3) is 2.80. The first-order valence-corrected chi connectivity index (χ1v) is 3.65. The van der Waals surface area contributed by atoms with Crippen LogP contribution in [0.1, 0.15) is 6.92 Å². The predicted molar refractivity (Wildman–Crippen MR) is 47.1 cm³/mol. The molecule has 0 amide bonds. The maximum atomic E-state index is 12.4. The molecule has 0 atom stereocenters. The highest BCUT2D eigenvalue weighted by atomic mass is 79.9. The summed E-state index contributed by atoms with van der Waals surface area (Å²) in [5, 5.41) is 0. The number of rotatable bonds is 3. The lowest BCUT2D eigenvalue weighted by molar-refractivity contribution is -0.104. The molecule has 0 spiro atoms. The van der Waals surface area contributed by atoms with E-state index in [0.717, 1.165) is 0 Å². The summed E-state index contributed by atoms with van der Waals surface area (Å²) < 4.78 is 12.8. The summed E-state index contributed by atoms with van der Waals surface area (Å²) in [6, 6.07) is 0. The SMILES string of the molecule is C=C(C)/C(Br)=C(/C=O)C(=C)F. The van der Waals surface area contributed by atoms with Crippen molar-refractivity contribution in [1.29, 1.82) is 0 Å². The maximum Gasteiger partial charge on any atom is 0.154 e. The largest absolute Gasteiger partial charge is 0.298 e. The Hall–Kier alpha value is -0.700. The number of halogens is 2. The van der Waals surface area contributed by atoms with Gasteiger partial charge in [0.15, 0.2) is 6.29 Å². The number of hydrogen-bond donors (Lipinski definition) is 0. The van der Waals surface area contributed by atoms with Crippen LogP contribution in [0.3, 0.4) is 0 Å². The maximum absolute atomic E-state index is 12.4. The van der Waals surface area contributed by atoms with Crippen molar-refractivity contribution in [3.63, 3.8) is 0 Å². The Kier molecular flexibility index (Phi) is 3.97. The van der Waals surface area contributed by atoms with Crippen molar-refractivity contribution in [2.75, 3.05) is 0 Å². The van der Waals surface area contributed by atoms with E-state index in [1.54, 1.807) is 6.92 Å². The van der Waals surface area contributed by atoms with Crippen molar-refractivity contribution in [2.24, 2.45) is 0 Å². The summed E-state index contributed by atoms with van der Waals surface area (Å²) in [5.74, 6) is -0.755. The first-order chi connectivity index (χ1) is 5.00. The summed E-state index contributed by atoms with van der Waals surface area (Å²) in [5.41, 5.74) is 0.503. The van der Waals surface area contributed by atoms with Crippen LogP contribution in [0.2, 0.25) is 0 Å². The van der Waals surface area contributed by atoms with Crippen molar-refractivity contribution in [2.45, 2.75) is 6.92 Å². The van der Waals surface area contributed by atoms with Crippen LogP contribution in [-0.4, -0.2) is 6.29 Å². The van der Waals surface area contributed by atoms with Gasteiger partial charge in [-0.1, -0.05) is 13.2 Å². The lowest BCUT2D eigenvalue weighted by Gasteiger charge is -1.99. The van der Waals surface area contributed by atoms with E-state index in [-0.39, 0.29) is 5.57 Å². The number of aldehydes is 1. The summed E-state index contributed by atoms with van der Waals surface area (Å²) in [6.07, 6.45) is 0.404. The van der Waals surface area contributed by atoms with Crippen LogP contribution in [0.25, 0.3) is 0 Å². The van der Waals surface area contributed by atoms with E-state index in [1.165, 1.54) is 0 Å². The zero-order valence-corrected chi connectivity index (χ0v) is 7.74. The molecule has 0 radical (unpaired) electrons. The Balaban J connectivity index is 4.99. The number of carbonyl (C=O) groups is 1. The average molecular weight is 219 g/mol. The minimum atomic E-state index is -0.755. The van der Waals surface area contributed by atoms with Gasteiger partial charge in [0.25, 0.3) is 0 Å². The quantitative estimate of drug-likeness (QED) is 0.405. The molecule has 0 aromatic heterocycles. The van der Waals surface area contributed by atoms with Crippen LogP contribution in [-0.2, 0) is 4.79 Å². The molecule has 0 N–H and O–H groups in total. The van der Waals surface area contributed by atoms with Gasteiger partial charge in [0.1, 0.15) is 5.83 Å². The Bertz CT molecular complexity index is 240. The lowest BCUT2D eigenvalue weighted by atomic mass is 10.2. The number of hydrogen-bond acceptors (Lipinski definition) is 1. The average Bonchev–Trinajstić information content (AvgIpc) is 1.88. The van der Waals surface area contributed by atoms with Crippen LogP contribution in [0.15, 0.2) is 34.6 Å². The molecule has 0 fully saturated rings. The van der Waals surface area contributed by atoms with Gasteiger partial charge in [-0.3, -0.25) is 4.79 Å². The monoisotopic (exact) mass is 218 g/mol. The van der Waals surface area contributed by atoms with Crippen LogP contribution in [0.5, 0.6) is 0 Å². The molecular weight excluding hydrogens is 211 g/mol. The fraction of sp³-hybridized carbons (Fsp3) is 0.125. The zero-order valence-electron chi connectivity index (χ0n) is 6.16. The zero-order chi connectivity index (χ0) is 9.02. The lowest BCUT2D eigenvalue weighted by Crippen LogP contribution is -1.89. The van der Waals surface area contributed by atoms with Gasteiger partial charge in [-0.05, 0) is 28.4 Å². The summed E-state index contributed by atoms with van der Waals surface area (Å²) in [4.78, 5) is 10.3. The Morgan fingerprint density at radius 2 is 2.00 bits per heavy atom. The van der Waals surface area contributed by atoms with Crippen molar-refractivity contribution >= 4 is 22.2 Å². The van der Waals surface area contributed by atoms with Gasteiger partial charge in [0, 0.05) is 4.48 Å². The number of allylic oxidation sites excluding steroid dienone is 4. The van der Waals surface area contributed by atoms with E-state index in [1.807, 2.05) is 0 Å². The molecule has 0 aromatic rings. The molecule has 0 saturated carbocycles. The van der Waals surface area contributed by atoms with Gasteiger partial charge in [0.2, 0.25) is 0 Å². The van der Waals surface area contributed by atoms with E-state index < -0.39 is 5.83 Å². The minimum Gasteiger partial charge on any atom is -0.298 e. The molecule has 0 unspecified atom stereocenters. The fourth-order valence-electron chi connectivity index (χ4n) is 0.465. The molecule has 0 aliphatic heterocycles. The predicted octanol–water partition coefficient (Wildman–Crippen LogP) is 2.89. The highest BCUT2D eigenvalue weighted by Crippen LogP contribution is 2.23. The third-order valence-corrected chi connectivity index (χ3v) is 2.13. The van der Waals surface area contributed by atoms with Gasteiger partial charge in [0.05, 0.1) is 5.57 Å². The molecule has 11 heavy (non-hydrogen) atoms. The van der Waals surface area contributed by atoms with Gasteiger partial charge in [-0.15, -0.1) is 0 Å². The van der Waals surface area contributed by atoms with E-state index in [2.05, 4.69) is 29.1 Å². The number of carbonyl (C=O) groups excluding carboxylic acids is 1. The summed E-state index contributed by atoms with van der Waals surface area (Å²) in [7, 11) is 0.